The van der Waals surface area contributed by atoms with E-state index >= 15 is 0 Å². The largest absolute Gasteiger partial charge is 0.494 e. The highest BCUT2D eigenvalue weighted by Gasteiger charge is 2.32. The van der Waals surface area contributed by atoms with E-state index in [2.05, 4.69) is 5.32 Å². The fourth-order valence-corrected chi connectivity index (χ4v) is 5.43. The molecule has 3 aromatic rings. The number of hydrogen-bond donors (Lipinski definition) is 1. The summed E-state index contributed by atoms with van der Waals surface area (Å²) in [6.45, 7) is 5.61. The Labute approximate surface area is 225 Å². The van der Waals surface area contributed by atoms with Gasteiger partial charge in [0.05, 0.1) is 17.2 Å². The zero-order valence-corrected chi connectivity index (χ0v) is 23.1. The predicted octanol–water partition coefficient (Wildman–Crippen LogP) is 3.79. The van der Waals surface area contributed by atoms with Crippen LogP contribution in [0.1, 0.15) is 25.0 Å². The summed E-state index contributed by atoms with van der Waals surface area (Å²) in [6.07, 6.45) is 0.516. The summed E-state index contributed by atoms with van der Waals surface area (Å²) in [5.74, 6) is -0.227. The summed E-state index contributed by atoms with van der Waals surface area (Å²) in [4.78, 5) is 27.7. The summed E-state index contributed by atoms with van der Waals surface area (Å²) in [5.41, 5.74) is 2.24. The van der Waals surface area contributed by atoms with Crippen molar-refractivity contribution in [1.82, 2.24) is 10.2 Å². The first-order valence-electron chi connectivity index (χ1n) is 12.5. The van der Waals surface area contributed by atoms with Gasteiger partial charge in [-0.25, -0.2) is 8.42 Å². The van der Waals surface area contributed by atoms with Crippen molar-refractivity contribution >= 4 is 27.5 Å². The molecule has 2 amide bonds. The van der Waals surface area contributed by atoms with Crippen molar-refractivity contribution in [1.29, 1.82) is 0 Å². The Balaban J connectivity index is 1.97. The molecule has 0 fully saturated rings. The van der Waals surface area contributed by atoms with Crippen molar-refractivity contribution in [2.45, 2.75) is 38.1 Å². The second kappa shape index (κ2) is 13.1. The number of hydrogen-bond acceptors (Lipinski definition) is 5. The molecule has 0 unspecified atom stereocenters. The molecule has 1 N–H and O–H groups in total. The Kier molecular flexibility index (Phi) is 9.90. The maximum absolute atomic E-state index is 13.8. The van der Waals surface area contributed by atoms with E-state index in [0.717, 1.165) is 15.4 Å². The molecule has 0 aliphatic rings. The number of amides is 2. The fourth-order valence-electron chi connectivity index (χ4n) is 4.02. The molecule has 38 heavy (non-hydrogen) atoms. The van der Waals surface area contributed by atoms with Crippen molar-refractivity contribution in [2.24, 2.45) is 0 Å². The van der Waals surface area contributed by atoms with Crippen LogP contribution in [0.5, 0.6) is 5.75 Å². The molecule has 0 aliphatic carbocycles. The first-order valence-corrected chi connectivity index (χ1v) is 14.0. The van der Waals surface area contributed by atoms with Crippen molar-refractivity contribution in [3.8, 4) is 5.75 Å². The SMILES string of the molecule is CCOc1ccc(N(CC(=O)N(CCc2ccccc2)[C@H](C)C(=O)NC)S(=O)(=O)c2ccc(C)cc2)cc1. The number of nitrogens with zero attached hydrogens (tertiary/aromatic N) is 2. The third-order valence-electron chi connectivity index (χ3n) is 6.22. The van der Waals surface area contributed by atoms with Crippen molar-refractivity contribution in [3.05, 3.63) is 90.0 Å². The number of likely N-dealkylation sites (N-methyl/N-ethyl adjacent to an activating group) is 1. The monoisotopic (exact) mass is 537 g/mol. The minimum Gasteiger partial charge on any atom is -0.494 e. The van der Waals surface area contributed by atoms with E-state index in [1.165, 1.54) is 24.1 Å². The van der Waals surface area contributed by atoms with E-state index in [-0.39, 0.29) is 17.3 Å². The van der Waals surface area contributed by atoms with E-state index in [0.29, 0.717) is 24.5 Å². The highest BCUT2D eigenvalue weighted by molar-refractivity contribution is 7.92. The zero-order valence-electron chi connectivity index (χ0n) is 22.3. The van der Waals surface area contributed by atoms with E-state index in [1.807, 2.05) is 44.2 Å². The maximum atomic E-state index is 13.8. The number of rotatable bonds is 12. The minimum atomic E-state index is -4.10. The highest BCUT2D eigenvalue weighted by Crippen LogP contribution is 2.26. The first-order chi connectivity index (χ1) is 18.2. The first kappa shape index (κ1) is 28.7. The number of carbonyl (C=O) groups excluding carboxylic acids is 2. The Morgan fingerprint density at radius 1 is 0.947 bits per heavy atom. The Morgan fingerprint density at radius 3 is 2.16 bits per heavy atom. The number of aryl methyl sites for hydroxylation is 1. The molecule has 3 aromatic carbocycles. The van der Waals surface area contributed by atoms with Crippen LogP contribution in [-0.4, -0.2) is 57.9 Å². The van der Waals surface area contributed by atoms with Gasteiger partial charge in [0.1, 0.15) is 18.3 Å². The number of sulfonamides is 1. The minimum absolute atomic E-state index is 0.0694. The number of carbonyl (C=O) groups is 2. The molecule has 0 aromatic heterocycles. The number of anilines is 1. The topological polar surface area (TPSA) is 96.0 Å². The predicted molar refractivity (Wildman–Crippen MR) is 149 cm³/mol. The number of benzene rings is 3. The lowest BCUT2D eigenvalue weighted by Gasteiger charge is -2.31. The van der Waals surface area contributed by atoms with Gasteiger partial charge in [-0.1, -0.05) is 48.0 Å². The van der Waals surface area contributed by atoms with E-state index in [1.54, 1.807) is 43.3 Å². The molecular formula is C29H35N3O5S. The van der Waals surface area contributed by atoms with Crippen LogP contribution in [0.2, 0.25) is 0 Å². The lowest BCUT2D eigenvalue weighted by Crippen LogP contribution is -2.51. The molecule has 0 spiro atoms. The van der Waals surface area contributed by atoms with Gasteiger partial charge in [-0.3, -0.25) is 13.9 Å². The molecule has 1 atom stereocenters. The van der Waals surface area contributed by atoms with Gasteiger partial charge in [-0.05, 0) is 69.2 Å². The average molecular weight is 538 g/mol. The number of ether oxygens (including phenoxy) is 1. The summed E-state index contributed by atoms with van der Waals surface area (Å²) >= 11 is 0. The standard InChI is InChI=1S/C29H35N3O5S/c1-5-37-26-15-13-25(14-16-26)32(38(35,36)27-17-11-22(2)12-18-27)21-28(33)31(23(3)29(34)30-4)20-19-24-9-7-6-8-10-24/h6-18,23H,5,19-21H2,1-4H3,(H,30,34)/t23-/m1/s1. The van der Waals surface area contributed by atoms with E-state index in [4.69, 9.17) is 4.74 Å². The normalized spacial score (nSPS) is 11.9. The fraction of sp³-hybridized carbons (Fsp3) is 0.310. The molecule has 0 bridgehead atoms. The van der Waals surface area contributed by atoms with Crippen LogP contribution in [0.4, 0.5) is 5.69 Å². The maximum Gasteiger partial charge on any atom is 0.264 e. The molecule has 8 nitrogen and oxygen atoms in total. The van der Waals surface area contributed by atoms with Crippen LogP contribution >= 0.6 is 0 Å². The quantitative estimate of drug-likeness (QED) is 0.379. The Morgan fingerprint density at radius 2 is 1.58 bits per heavy atom. The van der Waals surface area contributed by atoms with Crippen LogP contribution in [0, 0.1) is 6.92 Å². The van der Waals surface area contributed by atoms with Gasteiger partial charge in [-0.15, -0.1) is 0 Å². The van der Waals surface area contributed by atoms with Crippen LogP contribution in [0.15, 0.2) is 83.8 Å². The summed E-state index contributed by atoms with van der Waals surface area (Å²) < 4.78 is 34.2. The molecule has 0 radical (unpaired) electrons. The van der Waals surface area contributed by atoms with Crippen LogP contribution in [0.25, 0.3) is 0 Å². The zero-order chi connectivity index (χ0) is 27.7. The van der Waals surface area contributed by atoms with Crippen molar-refractivity contribution in [3.63, 3.8) is 0 Å². The third kappa shape index (κ3) is 7.13. The second-order valence-electron chi connectivity index (χ2n) is 8.86. The molecule has 9 heteroatoms. The van der Waals surface area contributed by atoms with Gasteiger partial charge in [0.25, 0.3) is 10.0 Å². The van der Waals surface area contributed by atoms with Crippen molar-refractivity contribution in [2.75, 3.05) is 31.0 Å². The van der Waals surface area contributed by atoms with E-state index in [9.17, 15) is 18.0 Å². The number of nitrogens with one attached hydrogen (secondary N) is 1. The van der Waals surface area contributed by atoms with Gasteiger partial charge < -0.3 is 15.0 Å². The van der Waals surface area contributed by atoms with Crippen LogP contribution < -0.4 is 14.4 Å². The van der Waals surface area contributed by atoms with Crippen LogP contribution in [0.3, 0.4) is 0 Å². The molecule has 202 valence electrons. The molecule has 0 saturated carbocycles. The lowest BCUT2D eigenvalue weighted by atomic mass is 10.1. The van der Waals surface area contributed by atoms with Gasteiger partial charge >= 0.3 is 0 Å². The average Bonchev–Trinajstić information content (AvgIpc) is 2.92. The van der Waals surface area contributed by atoms with Crippen molar-refractivity contribution < 1.29 is 22.7 Å². The van der Waals surface area contributed by atoms with Gasteiger partial charge in [0.2, 0.25) is 11.8 Å². The Bertz CT molecular complexity index is 1310. The van der Waals surface area contributed by atoms with Gasteiger partial charge in [0.15, 0.2) is 0 Å². The van der Waals surface area contributed by atoms with E-state index < -0.39 is 28.5 Å². The molecular weight excluding hydrogens is 502 g/mol. The van der Waals surface area contributed by atoms with Gasteiger partial charge in [0, 0.05) is 13.6 Å². The molecule has 0 heterocycles. The summed E-state index contributed by atoms with van der Waals surface area (Å²) in [5, 5.41) is 2.58. The van der Waals surface area contributed by atoms with Gasteiger partial charge in [-0.2, -0.15) is 0 Å². The molecule has 0 saturated heterocycles. The molecule has 3 rings (SSSR count). The smallest absolute Gasteiger partial charge is 0.264 e. The highest BCUT2D eigenvalue weighted by atomic mass is 32.2. The summed E-state index contributed by atoms with van der Waals surface area (Å²) in [6, 6.07) is 21.9. The summed E-state index contributed by atoms with van der Waals surface area (Å²) in [7, 11) is -2.59. The third-order valence-corrected chi connectivity index (χ3v) is 8.01. The van der Waals surface area contributed by atoms with Crippen LogP contribution in [-0.2, 0) is 26.0 Å². The Hall–Kier alpha value is -3.85. The second-order valence-corrected chi connectivity index (χ2v) is 10.7. The molecule has 0 aliphatic heterocycles. The lowest BCUT2D eigenvalue weighted by molar-refractivity contribution is -0.138.